The highest BCUT2D eigenvalue weighted by Gasteiger charge is 2.10. The van der Waals surface area contributed by atoms with Gasteiger partial charge in [0, 0.05) is 18.3 Å². The van der Waals surface area contributed by atoms with Crippen LogP contribution >= 0.6 is 0 Å². The van der Waals surface area contributed by atoms with Crippen molar-refractivity contribution in [2.45, 2.75) is 46.6 Å². The molecule has 0 saturated carbocycles. The van der Waals surface area contributed by atoms with E-state index in [9.17, 15) is 4.79 Å². The Bertz CT molecular complexity index is 739. The number of benzene rings is 2. The molecule has 0 aliphatic heterocycles. The summed E-state index contributed by atoms with van der Waals surface area (Å²) in [6.45, 7) is 8.87. The topological polar surface area (TPSA) is 50.4 Å². The summed E-state index contributed by atoms with van der Waals surface area (Å²) >= 11 is 0. The Labute approximate surface area is 150 Å². The van der Waals surface area contributed by atoms with Crippen molar-refractivity contribution in [1.82, 2.24) is 5.32 Å². The second-order valence-electron chi connectivity index (χ2n) is 6.52. The molecule has 0 saturated heterocycles. The van der Waals surface area contributed by atoms with Crippen LogP contribution < -0.4 is 15.4 Å². The van der Waals surface area contributed by atoms with Crippen molar-refractivity contribution in [3.05, 3.63) is 58.7 Å². The molecule has 0 bridgehead atoms. The molecule has 2 N–H and O–H groups in total. The summed E-state index contributed by atoms with van der Waals surface area (Å²) in [7, 11) is 1.61. The molecule has 2 amide bonds. The van der Waals surface area contributed by atoms with Crippen molar-refractivity contribution in [2.75, 3.05) is 12.4 Å². The number of amides is 2. The summed E-state index contributed by atoms with van der Waals surface area (Å²) in [6, 6.07) is 12.2. The lowest BCUT2D eigenvalue weighted by Gasteiger charge is -2.16. The average Bonchev–Trinajstić information content (AvgIpc) is 2.61. The molecule has 0 spiro atoms. The fourth-order valence-corrected chi connectivity index (χ4v) is 2.63. The van der Waals surface area contributed by atoms with Gasteiger partial charge in [-0.1, -0.05) is 45.0 Å². The van der Waals surface area contributed by atoms with Gasteiger partial charge in [-0.25, -0.2) is 4.79 Å². The van der Waals surface area contributed by atoms with Crippen LogP contribution in [0.5, 0.6) is 5.75 Å². The number of ether oxygens (including phenoxy) is 1. The van der Waals surface area contributed by atoms with E-state index in [1.807, 2.05) is 18.2 Å². The molecule has 4 nitrogen and oxygen atoms in total. The Morgan fingerprint density at radius 1 is 1.16 bits per heavy atom. The van der Waals surface area contributed by atoms with E-state index < -0.39 is 0 Å². The van der Waals surface area contributed by atoms with Gasteiger partial charge in [0.05, 0.1) is 0 Å². The number of hydrogen-bond donors (Lipinski definition) is 2. The van der Waals surface area contributed by atoms with Crippen molar-refractivity contribution in [3.8, 4) is 5.75 Å². The van der Waals surface area contributed by atoms with E-state index >= 15 is 0 Å². The lowest BCUT2D eigenvalue weighted by Crippen LogP contribution is -2.25. The predicted molar refractivity (Wildman–Crippen MR) is 103 cm³/mol. The second-order valence-corrected chi connectivity index (χ2v) is 6.52. The van der Waals surface area contributed by atoms with Gasteiger partial charge in [-0.2, -0.15) is 0 Å². The highest BCUT2D eigenvalue weighted by atomic mass is 16.5. The molecule has 0 heterocycles. The molecular formula is C21H28N2O2. The lowest BCUT2D eigenvalue weighted by molar-refractivity contribution is 0.254. The molecular weight excluding hydrogens is 312 g/mol. The van der Waals surface area contributed by atoms with Crippen molar-refractivity contribution >= 4 is 11.7 Å². The quantitative estimate of drug-likeness (QED) is 0.776. The van der Waals surface area contributed by atoms with E-state index in [0.29, 0.717) is 12.5 Å². The fourth-order valence-electron chi connectivity index (χ4n) is 2.63. The predicted octanol–water partition coefficient (Wildman–Crippen LogP) is 5.01. The number of nitrogens with one attached hydrogen (secondary N) is 2. The van der Waals surface area contributed by atoms with Crippen LogP contribution in [0.4, 0.5) is 10.5 Å². The third kappa shape index (κ3) is 4.99. The molecule has 134 valence electrons. The van der Waals surface area contributed by atoms with Gasteiger partial charge >= 0.3 is 6.03 Å². The third-order valence-electron chi connectivity index (χ3n) is 4.31. The maximum Gasteiger partial charge on any atom is 0.318 e. The number of rotatable bonds is 6. The molecule has 0 atom stereocenters. The first-order chi connectivity index (χ1) is 11.9. The number of carbonyl (C=O) groups is 1. The van der Waals surface area contributed by atoms with Gasteiger partial charge in [0.25, 0.3) is 0 Å². The van der Waals surface area contributed by atoms with Crippen molar-refractivity contribution in [3.63, 3.8) is 0 Å². The van der Waals surface area contributed by atoms with Crippen LogP contribution in [0, 0.1) is 6.92 Å². The summed E-state index contributed by atoms with van der Waals surface area (Å²) in [6.07, 6.45) is 1.01. The number of urea groups is 1. The standard InChI is InChI=1S/C21H28N2O2/c1-6-16-7-10-20(15(4)11-16)25-13-18-9-8-17(14(2)3)12-19(18)23-21(24)22-5/h7-12,14H,6,13H2,1-5H3,(H2,22,23,24). The minimum atomic E-state index is -0.231. The average molecular weight is 340 g/mol. The molecule has 0 aliphatic carbocycles. The van der Waals surface area contributed by atoms with Crippen LogP contribution in [-0.2, 0) is 13.0 Å². The van der Waals surface area contributed by atoms with Gasteiger partial charge in [0.15, 0.2) is 0 Å². The molecule has 2 aromatic rings. The molecule has 4 heteroatoms. The van der Waals surface area contributed by atoms with E-state index in [0.717, 1.165) is 29.0 Å². The molecule has 0 radical (unpaired) electrons. The SMILES string of the molecule is CCc1ccc(OCc2ccc(C(C)C)cc2NC(=O)NC)c(C)c1. The lowest BCUT2D eigenvalue weighted by atomic mass is 10.0. The zero-order valence-corrected chi connectivity index (χ0v) is 15.8. The van der Waals surface area contributed by atoms with Crippen LogP contribution in [0.15, 0.2) is 36.4 Å². The smallest absolute Gasteiger partial charge is 0.318 e. The van der Waals surface area contributed by atoms with Crippen molar-refractivity contribution in [2.24, 2.45) is 0 Å². The molecule has 2 rings (SSSR count). The zero-order chi connectivity index (χ0) is 18.4. The first kappa shape index (κ1) is 18.8. The van der Waals surface area contributed by atoms with Gasteiger partial charge in [0.2, 0.25) is 0 Å². The minimum Gasteiger partial charge on any atom is -0.489 e. The van der Waals surface area contributed by atoms with Gasteiger partial charge in [-0.3, -0.25) is 0 Å². The molecule has 0 unspecified atom stereocenters. The van der Waals surface area contributed by atoms with Crippen LogP contribution in [0.3, 0.4) is 0 Å². The van der Waals surface area contributed by atoms with E-state index in [1.165, 1.54) is 11.1 Å². The Kier molecular flexibility index (Phi) is 6.45. The Balaban J connectivity index is 2.21. The summed E-state index contributed by atoms with van der Waals surface area (Å²) in [5, 5.41) is 5.49. The second kappa shape index (κ2) is 8.56. The maximum atomic E-state index is 11.8. The van der Waals surface area contributed by atoms with Crippen LogP contribution in [0.25, 0.3) is 0 Å². The summed E-state index contributed by atoms with van der Waals surface area (Å²) in [4.78, 5) is 11.8. The zero-order valence-electron chi connectivity index (χ0n) is 15.8. The summed E-state index contributed by atoms with van der Waals surface area (Å²) in [5.74, 6) is 1.26. The van der Waals surface area contributed by atoms with E-state index in [1.54, 1.807) is 7.05 Å². The molecule has 0 aromatic heterocycles. The van der Waals surface area contributed by atoms with E-state index in [4.69, 9.17) is 4.74 Å². The van der Waals surface area contributed by atoms with Gasteiger partial charge in [-0.15, -0.1) is 0 Å². The summed E-state index contributed by atoms with van der Waals surface area (Å²) < 4.78 is 6.01. The monoisotopic (exact) mass is 340 g/mol. The van der Waals surface area contributed by atoms with Gasteiger partial charge < -0.3 is 15.4 Å². The number of aryl methyl sites for hydroxylation is 2. The molecule has 2 aromatic carbocycles. The maximum absolute atomic E-state index is 11.8. The van der Waals surface area contributed by atoms with E-state index in [2.05, 4.69) is 56.5 Å². The first-order valence-corrected chi connectivity index (χ1v) is 8.78. The Morgan fingerprint density at radius 3 is 2.52 bits per heavy atom. The first-order valence-electron chi connectivity index (χ1n) is 8.78. The minimum absolute atomic E-state index is 0.231. The Morgan fingerprint density at radius 2 is 1.92 bits per heavy atom. The van der Waals surface area contributed by atoms with Crippen molar-refractivity contribution in [1.29, 1.82) is 0 Å². The third-order valence-corrected chi connectivity index (χ3v) is 4.31. The molecule has 0 aliphatic rings. The largest absolute Gasteiger partial charge is 0.489 e. The van der Waals surface area contributed by atoms with E-state index in [-0.39, 0.29) is 6.03 Å². The number of anilines is 1. The normalized spacial score (nSPS) is 10.6. The number of hydrogen-bond acceptors (Lipinski definition) is 2. The fraction of sp³-hybridized carbons (Fsp3) is 0.381. The van der Waals surface area contributed by atoms with Crippen molar-refractivity contribution < 1.29 is 9.53 Å². The molecule has 25 heavy (non-hydrogen) atoms. The summed E-state index contributed by atoms with van der Waals surface area (Å²) in [5.41, 5.74) is 5.34. The molecule has 0 fully saturated rings. The number of carbonyl (C=O) groups excluding carboxylic acids is 1. The van der Waals surface area contributed by atoms with Crippen LogP contribution in [0.1, 0.15) is 48.9 Å². The van der Waals surface area contributed by atoms with Gasteiger partial charge in [0.1, 0.15) is 12.4 Å². The van der Waals surface area contributed by atoms with Crippen LogP contribution in [0.2, 0.25) is 0 Å². The highest BCUT2D eigenvalue weighted by molar-refractivity contribution is 5.90. The van der Waals surface area contributed by atoms with Crippen LogP contribution in [-0.4, -0.2) is 13.1 Å². The highest BCUT2D eigenvalue weighted by Crippen LogP contribution is 2.26. The van der Waals surface area contributed by atoms with Gasteiger partial charge in [-0.05, 0) is 48.1 Å². The Hall–Kier alpha value is -2.49.